The van der Waals surface area contributed by atoms with Crippen molar-refractivity contribution < 1.29 is 4.79 Å². The van der Waals surface area contributed by atoms with Crippen LogP contribution >= 0.6 is 0 Å². The van der Waals surface area contributed by atoms with E-state index in [4.69, 9.17) is 0 Å². The molecule has 0 aliphatic heterocycles. The Balaban J connectivity index is 2.00. The topological polar surface area (TPSA) is 32.3 Å². The molecule has 0 radical (unpaired) electrons. The minimum Gasteiger partial charge on any atom is -0.334 e. The fraction of sp³-hybridized carbons (Fsp3) is 0.235. The van der Waals surface area contributed by atoms with Crippen LogP contribution in [0.25, 0.3) is 0 Å². The summed E-state index contributed by atoms with van der Waals surface area (Å²) in [5.74, 6) is 0. The number of carbonyl (C=O) groups excluding carboxylic acids is 1. The first-order valence-electron chi connectivity index (χ1n) is 6.86. The van der Waals surface area contributed by atoms with E-state index in [1.807, 2.05) is 68.4 Å². The molecule has 0 aliphatic rings. The lowest BCUT2D eigenvalue weighted by Gasteiger charge is -2.21. The summed E-state index contributed by atoms with van der Waals surface area (Å²) in [5, 5.41) is 2.95. The van der Waals surface area contributed by atoms with Gasteiger partial charge in [0.05, 0.1) is 0 Å². The Hall–Kier alpha value is -2.29. The normalized spacial score (nSPS) is 10.1. The molecule has 2 amide bonds. The summed E-state index contributed by atoms with van der Waals surface area (Å²) in [5.41, 5.74) is 3.21. The van der Waals surface area contributed by atoms with Gasteiger partial charge in [-0.2, -0.15) is 0 Å². The number of rotatable bonds is 4. The summed E-state index contributed by atoms with van der Waals surface area (Å²) in [7, 11) is 0. The van der Waals surface area contributed by atoms with Gasteiger partial charge in [-0.05, 0) is 31.5 Å². The Labute approximate surface area is 120 Å². The highest BCUT2D eigenvalue weighted by Gasteiger charge is 2.12. The first kappa shape index (κ1) is 14.1. The molecule has 2 aromatic carbocycles. The molecule has 20 heavy (non-hydrogen) atoms. The third-order valence-corrected chi connectivity index (χ3v) is 3.19. The maximum absolute atomic E-state index is 12.2. The fourth-order valence-electron chi connectivity index (χ4n) is 2.04. The molecular weight excluding hydrogens is 248 g/mol. The predicted molar refractivity (Wildman–Crippen MR) is 82.9 cm³/mol. The van der Waals surface area contributed by atoms with E-state index in [1.54, 1.807) is 4.90 Å². The first-order valence-corrected chi connectivity index (χ1v) is 6.86. The number of carbonyl (C=O) groups is 1. The van der Waals surface area contributed by atoms with Crippen LogP contribution < -0.4 is 10.2 Å². The second-order valence-corrected chi connectivity index (χ2v) is 4.72. The molecule has 0 fully saturated rings. The molecule has 1 N–H and O–H groups in total. The summed E-state index contributed by atoms with van der Waals surface area (Å²) in [4.78, 5) is 14.0. The van der Waals surface area contributed by atoms with Crippen molar-refractivity contribution in [3.8, 4) is 0 Å². The number of aryl methyl sites for hydroxylation is 1. The van der Waals surface area contributed by atoms with Crippen LogP contribution in [0.3, 0.4) is 0 Å². The summed E-state index contributed by atoms with van der Waals surface area (Å²) < 4.78 is 0. The fourth-order valence-corrected chi connectivity index (χ4v) is 2.04. The number of hydrogen-bond acceptors (Lipinski definition) is 1. The van der Waals surface area contributed by atoms with Crippen molar-refractivity contribution in [2.75, 3.05) is 11.4 Å². The predicted octanol–water partition coefficient (Wildman–Crippen LogP) is 3.73. The van der Waals surface area contributed by atoms with Crippen LogP contribution in [-0.2, 0) is 6.54 Å². The molecule has 0 heterocycles. The number of benzene rings is 2. The lowest BCUT2D eigenvalue weighted by atomic mass is 10.2. The summed E-state index contributed by atoms with van der Waals surface area (Å²) in [6, 6.07) is 17.8. The average molecular weight is 268 g/mol. The van der Waals surface area contributed by atoms with Crippen LogP contribution in [0.5, 0.6) is 0 Å². The molecule has 0 bridgehead atoms. The van der Waals surface area contributed by atoms with E-state index in [-0.39, 0.29) is 6.03 Å². The van der Waals surface area contributed by atoms with Gasteiger partial charge in [-0.25, -0.2) is 4.79 Å². The Bertz CT molecular complexity index is 549. The van der Waals surface area contributed by atoms with Crippen LogP contribution in [0.4, 0.5) is 10.5 Å². The van der Waals surface area contributed by atoms with Gasteiger partial charge in [0.1, 0.15) is 0 Å². The third-order valence-electron chi connectivity index (χ3n) is 3.19. The van der Waals surface area contributed by atoms with Crippen LogP contribution in [0, 0.1) is 6.92 Å². The van der Waals surface area contributed by atoms with Crippen molar-refractivity contribution in [3.05, 3.63) is 65.7 Å². The van der Waals surface area contributed by atoms with Gasteiger partial charge in [0.25, 0.3) is 0 Å². The van der Waals surface area contributed by atoms with E-state index in [1.165, 1.54) is 5.56 Å². The standard InChI is InChI=1S/C17H20N2O/c1-3-19(16-11-9-14(2)10-12-16)17(20)18-13-15-7-5-4-6-8-15/h4-12H,3,13H2,1-2H3,(H,18,20). The Morgan fingerprint density at radius 1 is 1.05 bits per heavy atom. The second kappa shape index (κ2) is 6.75. The van der Waals surface area contributed by atoms with Gasteiger partial charge in [0.15, 0.2) is 0 Å². The van der Waals surface area contributed by atoms with Gasteiger partial charge >= 0.3 is 6.03 Å². The summed E-state index contributed by atoms with van der Waals surface area (Å²) >= 11 is 0. The highest BCUT2D eigenvalue weighted by Crippen LogP contribution is 2.15. The van der Waals surface area contributed by atoms with Gasteiger partial charge < -0.3 is 5.32 Å². The van der Waals surface area contributed by atoms with Crippen molar-refractivity contribution in [1.82, 2.24) is 5.32 Å². The zero-order valence-corrected chi connectivity index (χ0v) is 12.0. The van der Waals surface area contributed by atoms with Gasteiger partial charge in [0.2, 0.25) is 0 Å². The smallest absolute Gasteiger partial charge is 0.322 e. The van der Waals surface area contributed by atoms with E-state index in [2.05, 4.69) is 5.32 Å². The molecule has 0 spiro atoms. The highest BCUT2D eigenvalue weighted by molar-refractivity contribution is 5.91. The third kappa shape index (κ3) is 3.60. The highest BCUT2D eigenvalue weighted by atomic mass is 16.2. The zero-order valence-electron chi connectivity index (χ0n) is 12.0. The maximum atomic E-state index is 12.2. The van der Waals surface area contributed by atoms with Crippen molar-refractivity contribution in [3.63, 3.8) is 0 Å². The van der Waals surface area contributed by atoms with E-state index in [0.29, 0.717) is 13.1 Å². The molecule has 2 rings (SSSR count). The van der Waals surface area contributed by atoms with Gasteiger partial charge in [-0.3, -0.25) is 4.90 Å². The molecule has 0 unspecified atom stereocenters. The molecule has 104 valence electrons. The van der Waals surface area contributed by atoms with Crippen LogP contribution in [0.15, 0.2) is 54.6 Å². The van der Waals surface area contributed by atoms with Crippen molar-refractivity contribution in [2.24, 2.45) is 0 Å². The largest absolute Gasteiger partial charge is 0.334 e. The molecule has 0 saturated carbocycles. The van der Waals surface area contributed by atoms with Crippen molar-refractivity contribution in [1.29, 1.82) is 0 Å². The van der Waals surface area contributed by atoms with E-state index >= 15 is 0 Å². The number of amides is 2. The Morgan fingerprint density at radius 2 is 1.70 bits per heavy atom. The van der Waals surface area contributed by atoms with Crippen molar-refractivity contribution >= 4 is 11.7 Å². The Morgan fingerprint density at radius 3 is 2.30 bits per heavy atom. The van der Waals surface area contributed by atoms with E-state index < -0.39 is 0 Å². The van der Waals surface area contributed by atoms with Crippen molar-refractivity contribution in [2.45, 2.75) is 20.4 Å². The summed E-state index contributed by atoms with van der Waals surface area (Å²) in [6.45, 7) is 5.20. The first-order chi connectivity index (χ1) is 9.70. The molecule has 0 aliphatic carbocycles. The second-order valence-electron chi connectivity index (χ2n) is 4.72. The van der Waals surface area contributed by atoms with Gasteiger partial charge in [-0.15, -0.1) is 0 Å². The number of urea groups is 1. The van der Waals surface area contributed by atoms with E-state index in [0.717, 1.165) is 11.3 Å². The quantitative estimate of drug-likeness (QED) is 0.900. The molecule has 3 nitrogen and oxygen atoms in total. The number of nitrogens with zero attached hydrogens (tertiary/aromatic N) is 1. The lowest BCUT2D eigenvalue weighted by molar-refractivity contribution is 0.246. The zero-order chi connectivity index (χ0) is 14.4. The Kier molecular flexibility index (Phi) is 4.77. The molecule has 2 aromatic rings. The monoisotopic (exact) mass is 268 g/mol. The number of nitrogens with one attached hydrogen (secondary N) is 1. The minimum absolute atomic E-state index is 0.0693. The maximum Gasteiger partial charge on any atom is 0.322 e. The van der Waals surface area contributed by atoms with Gasteiger partial charge in [0, 0.05) is 18.8 Å². The minimum atomic E-state index is -0.0693. The SMILES string of the molecule is CCN(C(=O)NCc1ccccc1)c1ccc(C)cc1. The molecule has 0 aromatic heterocycles. The summed E-state index contributed by atoms with van der Waals surface area (Å²) in [6.07, 6.45) is 0. The number of anilines is 1. The molecular formula is C17H20N2O. The van der Waals surface area contributed by atoms with Gasteiger partial charge in [-0.1, -0.05) is 48.0 Å². The molecule has 3 heteroatoms. The lowest BCUT2D eigenvalue weighted by Crippen LogP contribution is -2.39. The van der Waals surface area contributed by atoms with Crippen LogP contribution in [-0.4, -0.2) is 12.6 Å². The number of hydrogen-bond donors (Lipinski definition) is 1. The average Bonchev–Trinajstić information content (AvgIpc) is 2.49. The van der Waals surface area contributed by atoms with E-state index in [9.17, 15) is 4.79 Å². The van der Waals surface area contributed by atoms with Crippen LogP contribution in [0.1, 0.15) is 18.1 Å². The van der Waals surface area contributed by atoms with Crippen LogP contribution in [0.2, 0.25) is 0 Å². The molecule has 0 saturated heterocycles. The molecule has 0 atom stereocenters.